The van der Waals surface area contributed by atoms with E-state index >= 15 is 0 Å². The normalized spacial score (nSPS) is 11.6. The lowest BCUT2D eigenvalue weighted by Crippen LogP contribution is -2.41. The second-order valence-corrected chi connectivity index (χ2v) is 5.91. The fraction of sp³-hybridized carbons (Fsp3) is 0.150. The summed E-state index contributed by atoms with van der Waals surface area (Å²) in [7, 11) is 1.25. The second kappa shape index (κ2) is 7.74. The molecule has 0 spiro atoms. The van der Waals surface area contributed by atoms with Crippen LogP contribution in [0.3, 0.4) is 0 Å². The summed E-state index contributed by atoms with van der Waals surface area (Å²) in [6.07, 6.45) is 0. The number of para-hydroxylation sites is 1. The van der Waals surface area contributed by atoms with Crippen molar-refractivity contribution in [2.45, 2.75) is 13.0 Å². The number of rotatable bonds is 4. The van der Waals surface area contributed by atoms with Gasteiger partial charge in [0.25, 0.3) is 0 Å². The first-order valence-electron chi connectivity index (χ1n) is 8.26. The van der Waals surface area contributed by atoms with Crippen LogP contribution in [0.5, 0.6) is 0 Å². The predicted molar refractivity (Wildman–Crippen MR) is 102 cm³/mol. The molecule has 7 heteroatoms. The maximum Gasteiger partial charge on any atom is 0.344 e. The van der Waals surface area contributed by atoms with Crippen molar-refractivity contribution >= 4 is 28.7 Å². The van der Waals surface area contributed by atoms with E-state index in [9.17, 15) is 14.4 Å². The molecular weight excluding hydrogens is 348 g/mol. The predicted octanol–water partition coefficient (Wildman–Crippen LogP) is 3.14. The van der Waals surface area contributed by atoms with E-state index in [0.29, 0.717) is 22.4 Å². The zero-order valence-electron chi connectivity index (χ0n) is 14.8. The summed E-state index contributed by atoms with van der Waals surface area (Å²) in [5.74, 6) is -0.538. The number of anilines is 1. The maximum absolute atomic E-state index is 12.2. The van der Waals surface area contributed by atoms with Gasteiger partial charge < -0.3 is 19.8 Å². The van der Waals surface area contributed by atoms with E-state index in [4.69, 9.17) is 4.42 Å². The molecule has 0 aliphatic rings. The molecule has 1 unspecified atom stereocenters. The van der Waals surface area contributed by atoms with Gasteiger partial charge in [-0.1, -0.05) is 30.3 Å². The Labute approximate surface area is 154 Å². The minimum absolute atomic E-state index is 0.431. The van der Waals surface area contributed by atoms with Crippen molar-refractivity contribution in [1.29, 1.82) is 0 Å². The van der Waals surface area contributed by atoms with Gasteiger partial charge in [0.15, 0.2) is 0 Å². The Kier molecular flexibility index (Phi) is 5.21. The summed E-state index contributed by atoms with van der Waals surface area (Å²) in [5, 5.41) is 5.90. The number of methoxy groups -OCH3 is 1. The minimum atomic E-state index is -0.767. The van der Waals surface area contributed by atoms with Gasteiger partial charge in [-0.3, -0.25) is 0 Å². The number of hydrogen-bond donors (Lipinski definition) is 2. The molecule has 0 saturated heterocycles. The van der Waals surface area contributed by atoms with Gasteiger partial charge in [-0.25, -0.2) is 14.4 Å². The zero-order valence-corrected chi connectivity index (χ0v) is 14.8. The quantitative estimate of drug-likeness (QED) is 0.546. The first kappa shape index (κ1) is 18.2. The third kappa shape index (κ3) is 4.14. The van der Waals surface area contributed by atoms with Crippen LogP contribution in [0.1, 0.15) is 6.92 Å². The summed E-state index contributed by atoms with van der Waals surface area (Å²) in [6, 6.07) is 14.5. The molecule has 3 aromatic rings. The fourth-order valence-electron chi connectivity index (χ4n) is 2.60. The number of hydrogen-bond acceptors (Lipinski definition) is 5. The largest absolute Gasteiger partial charge is 0.467 e. The van der Waals surface area contributed by atoms with E-state index in [0.717, 1.165) is 5.39 Å². The highest BCUT2D eigenvalue weighted by Crippen LogP contribution is 2.22. The molecule has 0 aliphatic carbocycles. The summed E-state index contributed by atoms with van der Waals surface area (Å²) in [5.41, 5.74) is 1.71. The lowest BCUT2D eigenvalue weighted by atomic mass is 10.1. The molecule has 0 fully saturated rings. The van der Waals surface area contributed by atoms with Crippen molar-refractivity contribution in [2.75, 3.05) is 12.4 Å². The maximum atomic E-state index is 12.2. The number of nitrogens with one attached hydrogen (secondary N) is 2. The molecule has 0 aliphatic heterocycles. The van der Waals surface area contributed by atoms with Gasteiger partial charge >= 0.3 is 17.6 Å². The molecule has 1 heterocycles. The van der Waals surface area contributed by atoms with Gasteiger partial charge in [0.05, 0.1) is 12.7 Å². The number of carbonyl (C=O) groups excluding carboxylic acids is 2. The van der Waals surface area contributed by atoms with Crippen molar-refractivity contribution < 1.29 is 18.7 Å². The monoisotopic (exact) mass is 366 g/mol. The van der Waals surface area contributed by atoms with Crippen LogP contribution in [0, 0.1) is 0 Å². The Morgan fingerprint density at radius 1 is 1.07 bits per heavy atom. The molecule has 2 aromatic carbocycles. The first-order valence-corrected chi connectivity index (χ1v) is 8.26. The minimum Gasteiger partial charge on any atom is -0.467 e. The van der Waals surface area contributed by atoms with Crippen LogP contribution in [0.2, 0.25) is 0 Å². The topological polar surface area (TPSA) is 97.6 Å². The fourth-order valence-corrected chi connectivity index (χ4v) is 2.60. The van der Waals surface area contributed by atoms with E-state index in [1.807, 2.05) is 12.1 Å². The standard InChI is InChI=1S/C20H18N2O5/c1-12(18(23)26-2)21-20(25)22-15-9-7-13(8-10-15)16-11-14-5-3-4-6-17(14)27-19(16)24/h3-12H,1-2H3,(H2,21,22,25). The Morgan fingerprint density at radius 2 is 1.78 bits per heavy atom. The van der Waals surface area contributed by atoms with Gasteiger partial charge in [-0.05, 0) is 36.8 Å². The molecule has 138 valence electrons. The average Bonchev–Trinajstić information content (AvgIpc) is 2.67. The summed E-state index contributed by atoms with van der Waals surface area (Å²) in [6.45, 7) is 1.52. The second-order valence-electron chi connectivity index (χ2n) is 5.91. The molecule has 2 amide bonds. The molecule has 0 saturated carbocycles. The highest BCUT2D eigenvalue weighted by atomic mass is 16.5. The molecule has 7 nitrogen and oxygen atoms in total. The van der Waals surface area contributed by atoms with Crippen LogP contribution < -0.4 is 16.3 Å². The highest BCUT2D eigenvalue weighted by molar-refractivity contribution is 5.92. The average molecular weight is 366 g/mol. The number of esters is 1. The Morgan fingerprint density at radius 3 is 2.48 bits per heavy atom. The molecule has 1 aromatic heterocycles. The summed E-state index contributed by atoms with van der Waals surface area (Å²) >= 11 is 0. The van der Waals surface area contributed by atoms with Crippen LogP contribution in [-0.4, -0.2) is 25.2 Å². The Balaban J connectivity index is 1.76. The molecule has 0 radical (unpaired) electrons. The first-order chi connectivity index (χ1) is 13.0. The highest BCUT2D eigenvalue weighted by Gasteiger charge is 2.15. The van der Waals surface area contributed by atoms with Crippen LogP contribution in [0.25, 0.3) is 22.1 Å². The number of fused-ring (bicyclic) bond motifs is 1. The lowest BCUT2D eigenvalue weighted by molar-refractivity contribution is -0.142. The molecule has 3 rings (SSSR count). The summed E-state index contributed by atoms with van der Waals surface area (Å²) < 4.78 is 9.89. The molecule has 2 N–H and O–H groups in total. The Bertz CT molecular complexity index is 1040. The van der Waals surface area contributed by atoms with Crippen LogP contribution in [0.4, 0.5) is 10.5 Å². The third-order valence-electron chi connectivity index (χ3n) is 4.00. The lowest BCUT2D eigenvalue weighted by Gasteiger charge is -2.12. The summed E-state index contributed by atoms with van der Waals surface area (Å²) in [4.78, 5) is 35.4. The third-order valence-corrected chi connectivity index (χ3v) is 4.00. The number of amides is 2. The van der Waals surface area contributed by atoms with Gasteiger partial charge in [0.1, 0.15) is 11.6 Å². The molecule has 27 heavy (non-hydrogen) atoms. The van der Waals surface area contributed by atoms with Gasteiger partial charge in [0, 0.05) is 11.1 Å². The van der Waals surface area contributed by atoms with E-state index in [2.05, 4.69) is 15.4 Å². The number of benzene rings is 2. The van der Waals surface area contributed by atoms with Gasteiger partial charge in [-0.15, -0.1) is 0 Å². The van der Waals surface area contributed by atoms with Crippen molar-refractivity contribution in [3.05, 3.63) is 65.0 Å². The molecule has 1 atom stereocenters. The SMILES string of the molecule is COC(=O)C(C)NC(=O)Nc1ccc(-c2cc3ccccc3oc2=O)cc1. The van der Waals surface area contributed by atoms with E-state index < -0.39 is 23.7 Å². The zero-order chi connectivity index (χ0) is 19.4. The van der Waals surface area contributed by atoms with E-state index in [-0.39, 0.29) is 0 Å². The molecule has 0 bridgehead atoms. The van der Waals surface area contributed by atoms with Gasteiger partial charge in [0.2, 0.25) is 0 Å². The van der Waals surface area contributed by atoms with E-state index in [1.165, 1.54) is 14.0 Å². The van der Waals surface area contributed by atoms with Crippen molar-refractivity contribution in [1.82, 2.24) is 5.32 Å². The van der Waals surface area contributed by atoms with Crippen LogP contribution in [-0.2, 0) is 9.53 Å². The number of ether oxygens (including phenoxy) is 1. The van der Waals surface area contributed by atoms with Crippen LogP contribution in [0.15, 0.2) is 63.8 Å². The van der Waals surface area contributed by atoms with Gasteiger partial charge in [-0.2, -0.15) is 0 Å². The Hall–Kier alpha value is -3.61. The van der Waals surface area contributed by atoms with Crippen molar-refractivity contribution in [2.24, 2.45) is 0 Å². The van der Waals surface area contributed by atoms with Crippen molar-refractivity contribution in [3.8, 4) is 11.1 Å². The van der Waals surface area contributed by atoms with E-state index in [1.54, 1.807) is 42.5 Å². The molecular formula is C20H18N2O5. The van der Waals surface area contributed by atoms with Crippen LogP contribution >= 0.6 is 0 Å². The number of carbonyl (C=O) groups is 2. The number of urea groups is 1. The van der Waals surface area contributed by atoms with Crippen molar-refractivity contribution in [3.63, 3.8) is 0 Å². The smallest absolute Gasteiger partial charge is 0.344 e.